The van der Waals surface area contributed by atoms with Gasteiger partial charge in [-0.3, -0.25) is 14.4 Å². The van der Waals surface area contributed by atoms with E-state index in [1.54, 1.807) is 40.7 Å². The SMILES string of the molecule is CCOC(C)(C)C(=O)Nc1ncnn2c([C@]3(C#N)O[C@H](COC(=O)CC4CCCC4)[C@@H](OC(=O)[C@@H](N)C(C)C)[C@H]3O)ccc12. The average Bonchev–Trinajstić information content (AvgIpc) is 3.71. The van der Waals surface area contributed by atoms with Crippen LogP contribution in [0.5, 0.6) is 0 Å². The maximum Gasteiger partial charge on any atom is 0.323 e. The highest BCUT2D eigenvalue weighted by Crippen LogP contribution is 2.42. The molecule has 44 heavy (non-hydrogen) atoms. The maximum absolute atomic E-state index is 12.9. The van der Waals surface area contributed by atoms with Crippen LogP contribution in [0.4, 0.5) is 5.82 Å². The van der Waals surface area contributed by atoms with Crippen LogP contribution in [0.2, 0.25) is 0 Å². The Kier molecular flexibility index (Phi) is 10.2. The number of amides is 1. The number of hydrogen-bond donors (Lipinski definition) is 3. The van der Waals surface area contributed by atoms with Gasteiger partial charge in [0, 0.05) is 13.0 Å². The number of hydrogen-bond acceptors (Lipinski definition) is 12. The molecule has 0 bridgehead atoms. The number of nitrogens with one attached hydrogen (secondary N) is 1. The van der Waals surface area contributed by atoms with Crippen molar-refractivity contribution < 1.29 is 38.4 Å². The molecule has 14 nitrogen and oxygen atoms in total. The highest BCUT2D eigenvalue weighted by atomic mass is 16.6. The molecule has 2 aromatic rings. The summed E-state index contributed by atoms with van der Waals surface area (Å²) in [6, 6.07) is 4.08. The first-order valence-corrected chi connectivity index (χ1v) is 15.0. The van der Waals surface area contributed by atoms with E-state index in [1.165, 1.54) is 16.9 Å². The van der Waals surface area contributed by atoms with Crippen LogP contribution in [0.3, 0.4) is 0 Å². The summed E-state index contributed by atoms with van der Waals surface area (Å²) in [5, 5.41) is 29.0. The number of nitrogens with zero attached hydrogens (tertiary/aromatic N) is 4. The van der Waals surface area contributed by atoms with Gasteiger partial charge in [-0.2, -0.15) is 10.4 Å². The summed E-state index contributed by atoms with van der Waals surface area (Å²) in [5.74, 6) is -1.58. The summed E-state index contributed by atoms with van der Waals surface area (Å²) >= 11 is 0. The number of aliphatic hydroxyl groups excluding tert-OH is 1. The Morgan fingerprint density at radius 3 is 2.64 bits per heavy atom. The fourth-order valence-corrected chi connectivity index (χ4v) is 5.61. The van der Waals surface area contributed by atoms with Gasteiger partial charge in [-0.15, -0.1) is 0 Å². The van der Waals surface area contributed by atoms with E-state index in [0.717, 1.165) is 25.7 Å². The van der Waals surface area contributed by atoms with E-state index < -0.39 is 53.4 Å². The number of fused-ring (bicyclic) bond motifs is 1. The number of carbonyl (C=O) groups excluding carboxylic acids is 3. The molecule has 2 fully saturated rings. The molecule has 4 N–H and O–H groups in total. The van der Waals surface area contributed by atoms with E-state index in [4.69, 9.17) is 24.7 Å². The predicted molar refractivity (Wildman–Crippen MR) is 156 cm³/mol. The number of nitriles is 1. The molecule has 4 rings (SSSR count). The van der Waals surface area contributed by atoms with Gasteiger partial charge in [0.25, 0.3) is 5.91 Å². The minimum atomic E-state index is -2.11. The van der Waals surface area contributed by atoms with Gasteiger partial charge >= 0.3 is 11.9 Å². The fourth-order valence-electron chi connectivity index (χ4n) is 5.61. The largest absolute Gasteiger partial charge is 0.463 e. The lowest BCUT2D eigenvalue weighted by atomic mass is 9.92. The summed E-state index contributed by atoms with van der Waals surface area (Å²) in [6.07, 6.45) is 1.14. The predicted octanol–water partition coefficient (Wildman–Crippen LogP) is 1.98. The number of esters is 2. The van der Waals surface area contributed by atoms with Crippen molar-refractivity contribution in [3.8, 4) is 6.07 Å². The Morgan fingerprint density at radius 1 is 1.30 bits per heavy atom. The molecule has 14 heteroatoms. The third kappa shape index (κ3) is 6.71. The standard InChI is InChI=1S/C30H42N6O8/c1-6-42-29(4,5)28(40)35-26-19-11-12-21(36(19)34-16-33-26)30(15-31)25(38)24(43-27(39)23(32)17(2)3)20(44-30)14-41-22(37)13-18-9-7-8-10-18/h11-12,16-18,20,23-25,38H,6-10,13-14,32H2,1-5H3,(H,33,34,35,40)/t20-,23+,24-,25-,30+/m1/s1. The zero-order chi connectivity index (χ0) is 32.2. The fraction of sp³-hybridized carbons (Fsp3) is 0.667. The third-order valence-corrected chi connectivity index (χ3v) is 8.30. The van der Waals surface area contributed by atoms with Crippen molar-refractivity contribution in [2.75, 3.05) is 18.5 Å². The number of aromatic nitrogens is 3. The van der Waals surface area contributed by atoms with Crippen LogP contribution in [0.15, 0.2) is 18.5 Å². The van der Waals surface area contributed by atoms with Crippen molar-refractivity contribution in [2.45, 2.75) is 102 Å². The van der Waals surface area contributed by atoms with E-state index in [-0.39, 0.29) is 36.4 Å². The Labute approximate surface area is 256 Å². The van der Waals surface area contributed by atoms with Gasteiger partial charge in [0.05, 0.1) is 5.69 Å². The van der Waals surface area contributed by atoms with Crippen LogP contribution in [-0.2, 0) is 38.9 Å². The van der Waals surface area contributed by atoms with Crippen molar-refractivity contribution in [1.29, 1.82) is 5.26 Å². The molecule has 240 valence electrons. The smallest absolute Gasteiger partial charge is 0.323 e. The molecule has 5 atom stereocenters. The summed E-state index contributed by atoms with van der Waals surface area (Å²) in [6.45, 7) is 8.45. The second kappa shape index (κ2) is 13.6. The Balaban J connectivity index is 1.65. The second-order valence-corrected chi connectivity index (χ2v) is 12.2. The van der Waals surface area contributed by atoms with E-state index >= 15 is 0 Å². The van der Waals surface area contributed by atoms with Crippen molar-refractivity contribution in [3.05, 3.63) is 24.2 Å². The van der Waals surface area contributed by atoms with Crippen LogP contribution in [0.1, 0.15) is 72.4 Å². The van der Waals surface area contributed by atoms with E-state index in [0.29, 0.717) is 12.1 Å². The van der Waals surface area contributed by atoms with Gasteiger partial charge in [-0.1, -0.05) is 26.7 Å². The van der Waals surface area contributed by atoms with E-state index in [9.17, 15) is 24.8 Å². The lowest BCUT2D eigenvalue weighted by Crippen LogP contribution is -2.46. The summed E-state index contributed by atoms with van der Waals surface area (Å²) < 4.78 is 24.1. The van der Waals surface area contributed by atoms with Crippen LogP contribution >= 0.6 is 0 Å². The van der Waals surface area contributed by atoms with Gasteiger partial charge in [0.2, 0.25) is 5.60 Å². The number of nitrogens with two attached hydrogens (primary N) is 1. The number of ether oxygens (including phenoxy) is 4. The average molecular weight is 615 g/mol. The lowest BCUT2D eigenvalue weighted by Gasteiger charge is -2.26. The zero-order valence-electron chi connectivity index (χ0n) is 25.8. The first-order chi connectivity index (χ1) is 20.8. The van der Waals surface area contributed by atoms with Gasteiger partial charge in [-0.25, -0.2) is 9.50 Å². The maximum atomic E-state index is 12.9. The summed E-state index contributed by atoms with van der Waals surface area (Å²) in [7, 11) is 0. The molecule has 0 unspecified atom stereocenters. The quantitative estimate of drug-likeness (QED) is 0.294. The van der Waals surface area contributed by atoms with Crippen LogP contribution in [0, 0.1) is 23.2 Å². The molecule has 1 aliphatic carbocycles. The molecule has 3 heterocycles. The molecule has 0 aromatic carbocycles. The highest BCUT2D eigenvalue weighted by molar-refractivity contribution is 5.98. The number of anilines is 1. The van der Waals surface area contributed by atoms with Gasteiger partial charge in [0.15, 0.2) is 11.9 Å². The highest BCUT2D eigenvalue weighted by Gasteiger charge is 2.60. The van der Waals surface area contributed by atoms with Crippen molar-refractivity contribution in [3.63, 3.8) is 0 Å². The molecule has 1 saturated carbocycles. The molecule has 1 aliphatic heterocycles. The molecule has 1 saturated heterocycles. The second-order valence-electron chi connectivity index (χ2n) is 12.2. The van der Waals surface area contributed by atoms with E-state index in [1.807, 2.05) is 6.07 Å². The molecule has 2 aromatic heterocycles. The van der Waals surface area contributed by atoms with Gasteiger partial charge < -0.3 is 35.1 Å². The van der Waals surface area contributed by atoms with Crippen molar-refractivity contribution in [1.82, 2.24) is 14.6 Å². The summed E-state index contributed by atoms with van der Waals surface area (Å²) in [5.41, 5.74) is 3.13. The Hall–Kier alpha value is -3.64. The molecule has 0 spiro atoms. The van der Waals surface area contributed by atoms with E-state index in [2.05, 4.69) is 15.4 Å². The first-order valence-electron chi connectivity index (χ1n) is 15.0. The molecular formula is C30H42N6O8. The number of aliphatic hydroxyl groups is 1. The first kappa shape index (κ1) is 33.3. The van der Waals surface area contributed by atoms with Crippen molar-refractivity contribution in [2.24, 2.45) is 17.6 Å². The van der Waals surface area contributed by atoms with Gasteiger partial charge in [0.1, 0.15) is 48.4 Å². The minimum absolute atomic E-state index is 0.0819. The van der Waals surface area contributed by atoms with Crippen LogP contribution in [-0.4, -0.2) is 80.7 Å². The Bertz CT molecular complexity index is 1400. The molecule has 2 aliphatic rings. The lowest BCUT2D eigenvalue weighted by molar-refractivity contribution is -0.162. The molecular weight excluding hydrogens is 572 g/mol. The molecule has 0 radical (unpaired) electrons. The topological polar surface area (TPSA) is 200 Å². The summed E-state index contributed by atoms with van der Waals surface area (Å²) in [4.78, 5) is 42.6. The molecule has 1 amide bonds. The van der Waals surface area contributed by atoms with Crippen molar-refractivity contribution >= 4 is 29.2 Å². The third-order valence-electron chi connectivity index (χ3n) is 8.30. The minimum Gasteiger partial charge on any atom is -0.463 e. The zero-order valence-corrected chi connectivity index (χ0v) is 25.8. The Morgan fingerprint density at radius 2 is 2.00 bits per heavy atom. The number of rotatable bonds is 12. The number of carbonyl (C=O) groups is 3. The normalized spacial score (nSPS) is 24.8. The van der Waals surface area contributed by atoms with Crippen LogP contribution < -0.4 is 11.1 Å². The van der Waals surface area contributed by atoms with Crippen LogP contribution in [0.25, 0.3) is 5.52 Å². The monoisotopic (exact) mass is 614 g/mol. The van der Waals surface area contributed by atoms with Gasteiger partial charge in [-0.05, 0) is 57.6 Å².